The molecule has 30 heavy (non-hydrogen) atoms. The van der Waals surface area contributed by atoms with Crippen molar-refractivity contribution in [1.29, 1.82) is 0 Å². The van der Waals surface area contributed by atoms with E-state index in [-0.39, 0.29) is 18.0 Å². The Balaban J connectivity index is 1.45. The minimum Gasteiger partial charge on any atom is -0.497 e. The number of hydrogen-bond acceptors (Lipinski definition) is 6. The highest BCUT2D eigenvalue weighted by molar-refractivity contribution is 7.18. The van der Waals surface area contributed by atoms with Crippen LogP contribution >= 0.6 is 11.3 Å². The zero-order valence-electron chi connectivity index (χ0n) is 17.3. The molecule has 7 nitrogen and oxygen atoms in total. The second-order valence-electron chi connectivity index (χ2n) is 7.48. The molecule has 0 saturated carbocycles. The maximum Gasteiger partial charge on any atom is 0.259 e. The Morgan fingerprint density at radius 1 is 1.27 bits per heavy atom. The average molecular weight is 427 g/mol. The first kappa shape index (κ1) is 20.6. The maximum absolute atomic E-state index is 12.7. The summed E-state index contributed by atoms with van der Waals surface area (Å²) in [5.74, 6) is 1.23. The molecule has 0 unspecified atom stereocenters. The highest BCUT2D eigenvalue weighted by Gasteiger charge is 2.20. The van der Waals surface area contributed by atoms with Crippen molar-refractivity contribution < 1.29 is 9.53 Å². The first-order valence-corrected chi connectivity index (χ1v) is 11.1. The molecule has 3 aromatic rings. The van der Waals surface area contributed by atoms with E-state index in [4.69, 9.17) is 9.72 Å². The fourth-order valence-corrected chi connectivity index (χ4v) is 5.13. The van der Waals surface area contributed by atoms with E-state index in [0.29, 0.717) is 24.6 Å². The third-order valence-electron chi connectivity index (χ3n) is 5.44. The van der Waals surface area contributed by atoms with Crippen molar-refractivity contribution in [2.24, 2.45) is 0 Å². The van der Waals surface area contributed by atoms with E-state index in [1.807, 2.05) is 11.8 Å². The van der Waals surface area contributed by atoms with Gasteiger partial charge in [-0.1, -0.05) is 6.92 Å². The quantitative estimate of drug-likeness (QED) is 0.605. The standard InChI is InChI=1S/C22H26N4O3S/c1-3-26(13-19(27)23-14-8-10-15(29-2)11-9-14)12-18-24-21(28)20-16-6-4-5-7-17(16)30-22(20)25-18/h8-11H,3-7,12-13H2,1-2H3,(H,23,27)(H,24,25,28). The van der Waals surface area contributed by atoms with Crippen LogP contribution in [0.4, 0.5) is 5.69 Å². The van der Waals surface area contributed by atoms with E-state index in [1.165, 1.54) is 16.9 Å². The zero-order chi connectivity index (χ0) is 21.1. The Labute approximate surface area is 179 Å². The van der Waals surface area contributed by atoms with Crippen molar-refractivity contribution in [3.63, 3.8) is 0 Å². The van der Waals surface area contributed by atoms with Crippen molar-refractivity contribution >= 4 is 33.1 Å². The van der Waals surface area contributed by atoms with Gasteiger partial charge in [0.2, 0.25) is 5.91 Å². The summed E-state index contributed by atoms with van der Waals surface area (Å²) in [6, 6.07) is 7.21. The lowest BCUT2D eigenvalue weighted by Gasteiger charge is -2.19. The number of fused-ring (bicyclic) bond motifs is 3. The molecule has 0 fully saturated rings. The van der Waals surface area contributed by atoms with Crippen molar-refractivity contribution in [2.75, 3.05) is 25.5 Å². The molecule has 4 rings (SSSR count). The normalized spacial score (nSPS) is 13.4. The third-order valence-corrected chi connectivity index (χ3v) is 6.62. The molecule has 1 amide bonds. The van der Waals surface area contributed by atoms with E-state index in [1.54, 1.807) is 42.7 Å². The number of H-pyrrole nitrogens is 1. The number of nitrogens with one attached hydrogen (secondary N) is 2. The largest absolute Gasteiger partial charge is 0.497 e. The van der Waals surface area contributed by atoms with Gasteiger partial charge in [-0.2, -0.15) is 0 Å². The van der Waals surface area contributed by atoms with Gasteiger partial charge in [-0.3, -0.25) is 14.5 Å². The SMILES string of the molecule is CCN(CC(=O)Nc1ccc(OC)cc1)Cc1nc2sc3c(c2c(=O)[nH]1)CCCC3. The molecule has 1 aliphatic rings. The van der Waals surface area contributed by atoms with Gasteiger partial charge in [0, 0.05) is 10.6 Å². The highest BCUT2D eigenvalue weighted by Crippen LogP contribution is 2.33. The molecule has 0 bridgehead atoms. The van der Waals surface area contributed by atoms with E-state index >= 15 is 0 Å². The van der Waals surface area contributed by atoms with Gasteiger partial charge in [-0.15, -0.1) is 11.3 Å². The number of hydrogen-bond donors (Lipinski definition) is 2. The average Bonchev–Trinajstić information content (AvgIpc) is 3.12. The molecule has 8 heteroatoms. The van der Waals surface area contributed by atoms with Crippen LogP contribution in [0.5, 0.6) is 5.75 Å². The number of carbonyl (C=O) groups is 1. The molecule has 2 N–H and O–H groups in total. The number of amides is 1. The molecule has 0 spiro atoms. The monoisotopic (exact) mass is 426 g/mol. The summed E-state index contributed by atoms with van der Waals surface area (Å²) in [4.78, 5) is 36.9. The van der Waals surface area contributed by atoms with Crippen LogP contribution in [0, 0.1) is 0 Å². The van der Waals surface area contributed by atoms with Crippen LogP contribution in [0.1, 0.15) is 36.0 Å². The van der Waals surface area contributed by atoms with Crippen LogP contribution in [-0.4, -0.2) is 41.0 Å². The van der Waals surface area contributed by atoms with Crippen LogP contribution in [0.2, 0.25) is 0 Å². The third kappa shape index (κ3) is 4.39. The first-order chi connectivity index (χ1) is 14.6. The summed E-state index contributed by atoms with van der Waals surface area (Å²) < 4.78 is 5.13. The molecular weight excluding hydrogens is 400 g/mol. The fraction of sp³-hybridized carbons (Fsp3) is 0.409. The number of ether oxygens (including phenoxy) is 1. The number of thiophene rings is 1. The lowest BCUT2D eigenvalue weighted by atomic mass is 9.97. The number of aromatic nitrogens is 2. The van der Waals surface area contributed by atoms with Gasteiger partial charge in [-0.25, -0.2) is 4.98 Å². The van der Waals surface area contributed by atoms with E-state index < -0.39 is 0 Å². The second kappa shape index (κ2) is 8.97. The molecule has 1 aromatic carbocycles. The first-order valence-electron chi connectivity index (χ1n) is 10.3. The van der Waals surface area contributed by atoms with E-state index in [9.17, 15) is 9.59 Å². The van der Waals surface area contributed by atoms with Crippen LogP contribution in [0.25, 0.3) is 10.2 Å². The summed E-state index contributed by atoms with van der Waals surface area (Å²) in [5, 5.41) is 3.65. The number of anilines is 1. The van der Waals surface area contributed by atoms with Crippen molar-refractivity contribution in [3.05, 3.63) is 50.9 Å². The number of nitrogens with zero attached hydrogens (tertiary/aromatic N) is 2. The summed E-state index contributed by atoms with van der Waals surface area (Å²) in [5.41, 5.74) is 1.84. The van der Waals surface area contributed by atoms with Gasteiger partial charge in [0.1, 0.15) is 16.4 Å². The van der Waals surface area contributed by atoms with Gasteiger partial charge >= 0.3 is 0 Å². The number of benzene rings is 1. The van der Waals surface area contributed by atoms with Crippen LogP contribution in [-0.2, 0) is 24.2 Å². The predicted octanol–water partition coefficient (Wildman–Crippen LogP) is 3.33. The maximum atomic E-state index is 12.7. The molecule has 0 radical (unpaired) electrons. The van der Waals surface area contributed by atoms with Crippen molar-refractivity contribution in [3.8, 4) is 5.75 Å². The molecule has 158 valence electrons. The van der Waals surface area contributed by atoms with Crippen LogP contribution in [0.15, 0.2) is 29.1 Å². The van der Waals surface area contributed by atoms with Gasteiger partial charge < -0.3 is 15.0 Å². The Kier molecular flexibility index (Phi) is 6.15. The zero-order valence-corrected chi connectivity index (χ0v) is 18.1. The van der Waals surface area contributed by atoms with Gasteiger partial charge in [0.05, 0.1) is 25.6 Å². The number of methoxy groups -OCH3 is 1. The van der Waals surface area contributed by atoms with E-state index in [0.717, 1.165) is 35.2 Å². The van der Waals surface area contributed by atoms with Crippen molar-refractivity contribution in [1.82, 2.24) is 14.9 Å². The Bertz CT molecular complexity index is 1100. The molecule has 0 aliphatic heterocycles. The number of likely N-dealkylation sites (N-methyl/N-ethyl adjacent to an activating group) is 1. The lowest BCUT2D eigenvalue weighted by molar-refractivity contribution is -0.117. The molecule has 1 aliphatic carbocycles. The molecule has 0 saturated heterocycles. The van der Waals surface area contributed by atoms with Gasteiger partial charge in [-0.05, 0) is 62.1 Å². The Morgan fingerprint density at radius 3 is 2.77 bits per heavy atom. The molecule has 0 atom stereocenters. The van der Waals surface area contributed by atoms with E-state index in [2.05, 4.69) is 10.3 Å². The summed E-state index contributed by atoms with van der Waals surface area (Å²) in [6.45, 7) is 3.28. The topological polar surface area (TPSA) is 87.3 Å². The highest BCUT2D eigenvalue weighted by atomic mass is 32.1. The smallest absolute Gasteiger partial charge is 0.259 e. The number of rotatable bonds is 7. The Morgan fingerprint density at radius 2 is 2.03 bits per heavy atom. The fourth-order valence-electron chi connectivity index (χ4n) is 3.85. The van der Waals surface area contributed by atoms with Gasteiger partial charge in [0.15, 0.2) is 0 Å². The molecule has 2 aromatic heterocycles. The minimum atomic E-state index is -0.114. The Hall–Kier alpha value is -2.71. The predicted molar refractivity (Wildman–Crippen MR) is 119 cm³/mol. The summed E-state index contributed by atoms with van der Waals surface area (Å²) in [7, 11) is 1.61. The van der Waals surface area contributed by atoms with Crippen LogP contribution < -0.4 is 15.6 Å². The van der Waals surface area contributed by atoms with Crippen LogP contribution in [0.3, 0.4) is 0 Å². The lowest BCUT2D eigenvalue weighted by Crippen LogP contribution is -2.33. The molecular formula is C22H26N4O3S. The van der Waals surface area contributed by atoms with Gasteiger partial charge in [0.25, 0.3) is 5.56 Å². The molecule has 2 heterocycles. The summed E-state index contributed by atoms with van der Waals surface area (Å²) >= 11 is 1.64. The number of aromatic amines is 1. The number of aryl methyl sites for hydroxylation is 2. The number of carbonyl (C=O) groups excluding carboxylic acids is 1. The second-order valence-corrected chi connectivity index (χ2v) is 8.57. The minimum absolute atomic E-state index is 0.0619. The summed E-state index contributed by atoms with van der Waals surface area (Å²) in [6.07, 6.45) is 4.31. The van der Waals surface area contributed by atoms with Crippen molar-refractivity contribution in [2.45, 2.75) is 39.2 Å².